The van der Waals surface area contributed by atoms with Gasteiger partial charge in [-0.3, -0.25) is 0 Å². The second kappa shape index (κ2) is 5.44. The molecule has 0 radical (unpaired) electrons. The van der Waals surface area contributed by atoms with Gasteiger partial charge in [0.15, 0.2) is 9.84 Å². The fourth-order valence-electron chi connectivity index (χ4n) is 3.03. The maximum absolute atomic E-state index is 13.0. The zero-order chi connectivity index (χ0) is 15.0. The van der Waals surface area contributed by atoms with Crippen LogP contribution in [0, 0.1) is 0 Å². The maximum Gasteiger partial charge on any atom is 0.184 e. The Morgan fingerprint density at radius 2 is 1.76 bits per heavy atom. The molecule has 1 aliphatic rings. The van der Waals surface area contributed by atoms with Crippen molar-refractivity contribution in [3.8, 4) is 0 Å². The number of sulfone groups is 1. The highest BCUT2D eigenvalue weighted by atomic mass is 35.5. The third kappa shape index (κ3) is 2.37. The Bertz CT molecular complexity index is 773. The fourth-order valence-corrected chi connectivity index (χ4v) is 5.46. The van der Waals surface area contributed by atoms with E-state index >= 15 is 0 Å². The van der Waals surface area contributed by atoms with Crippen LogP contribution in [0.4, 0.5) is 0 Å². The van der Waals surface area contributed by atoms with Crippen LogP contribution in [-0.4, -0.2) is 20.7 Å². The van der Waals surface area contributed by atoms with Gasteiger partial charge in [-0.2, -0.15) is 0 Å². The summed E-state index contributed by atoms with van der Waals surface area (Å²) < 4.78 is 25.9. The van der Waals surface area contributed by atoms with E-state index in [-0.39, 0.29) is 16.0 Å². The smallest absolute Gasteiger partial charge is 0.184 e. The fraction of sp³-hybridized carbons (Fsp3) is 0.250. The molecule has 2 aromatic rings. The second-order valence-electron chi connectivity index (χ2n) is 5.18. The van der Waals surface area contributed by atoms with Crippen molar-refractivity contribution in [2.75, 3.05) is 7.05 Å². The molecule has 0 bridgehead atoms. The monoisotopic (exact) mass is 321 g/mol. The second-order valence-corrected chi connectivity index (χ2v) is 7.73. The molecule has 1 N–H and O–H groups in total. The summed E-state index contributed by atoms with van der Waals surface area (Å²) in [7, 11) is -1.70. The minimum Gasteiger partial charge on any atom is -0.312 e. The maximum atomic E-state index is 13.0. The van der Waals surface area contributed by atoms with Crippen LogP contribution in [0.1, 0.15) is 17.2 Å². The quantitative estimate of drug-likeness (QED) is 0.945. The molecule has 3 rings (SSSR count). The van der Waals surface area contributed by atoms with Crippen LogP contribution in [-0.2, 0) is 16.3 Å². The topological polar surface area (TPSA) is 46.2 Å². The molecule has 21 heavy (non-hydrogen) atoms. The number of hydrogen-bond acceptors (Lipinski definition) is 3. The first-order valence-electron chi connectivity index (χ1n) is 6.79. The van der Waals surface area contributed by atoms with Crippen LogP contribution in [0.3, 0.4) is 0 Å². The average molecular weight is 322 g/mol. The molecule has 1 aliphatic carbocycles. The molecule has 2 unspecified atom stereocenters. The molecule has 110 valence electrons. The van der Waals surface area contributed by atoms with E-state index in [0.29, 0.717) is 6.42 Å². The molecule has 0 aliphatic heterocycles. The minimum atomic E-state index is -3.49. The zero-order valence-electron chi connectivity index (χ0n) is 11.6. The van der Waals surface area contributed by atoms with E-state index in [1.54, 1.807) is 31.3 Å². The third-order valence-electron chi connectivity index (χ3n) is 4.04. The summed E-state index contributed by atoms with van der Waals surface area (Å²) in [4.78, 5) is 0.213. The number of fused-ring (bicyclic) bond motifs is 1. The zero-order valence-corrected chi connectivity index (χ0v) is 13.2. The van der Waals surface area contributed by atoms with Crippen LogP contribution >= 0.6 is 11.6 Å². The van der Waals surface area contributed by atoms with Gasteiger partial charge in [0.2, 0.25) is 0 Å². The van der Waals surface area contributed by atoms with Crippen molar-refractivity contribution in [1.29, 1.82) is 0 Å². The highest BCUT2D eigenvalue weighted by Crippen LogP contribution is 2.39. The van der Waals surface area contributed by atoms with Crippen LogP contribution in [0.25, 0.3) is 0 Å². The van der Waals surface area contributed by atoms with Gasteiger partial charge in [-0.25, -0.2) is 8.42 Å². The lowest BCUT2D eigenvalue weighted by atomic mass is 10.1. The van der Waals surface area contributed by atoms with Gasteiger partial charge in [0.05, 0.1) is 15.2 Å². The Morgan fingerprint density at radius 1 is 1.10 bits per heavy atom. The van der Waals surface area contributed by atoms with E-state index in [2.05, 4.69) is 5.32 Å². The number of halogens is 1. The third-order valence-corrected chi connectivity index (χ3v) is 6.68. The standard InChI is InChI=1S/C16H16ClNO2S/c1-18-16-12-7-3-2-6-11(12)10-15(16)21(19,20)14-9-5-4-8-13(14)17/h2-9,15-16,18H,10H2,1H3. The molecule has 0 saturated heterocycles. The molecule has 0 fully saturated rings. The summed E-state index contributed by atoms with van der Waals surface area (Å²) in [5, 5.41) is 2.90. The summed E-state index contributed by atoms with van der Waals surface area (Å²) in [6.45, 7) is 0. The Hall–Kier alpha value is -1.36. The Morgan fingerprint density at radius 3 is 2.48 bits per heavy atom. The summed E-state index contributed by atoms with van der Waals surface area (Å²) in [5.41, 5.74) is 2.14. The van der Waals surface area contributed by atoms with Crippen molar-refractivity contribution in [3.05, 3.63) is 64.7 Å². The number of rotatable bonds is 3. The van der Waals surface area contributed by atoms with E-state index in [0.717, 1.165) is 11.1 Å². The lowest BCUT2D eigenvalue weighted by Crippen LogP contribution is -2.33. The average Bonchev–Trinajstić information content (AvgIpc) is 2.87. The van der Waals surface area contributed by atoms with Crippen molar-refractivity contribution in [3.63, 3.8) is 0 Å². The van der Waals surface area contributed by atoms with Gasteiger partial charge >= 0.3 is 0 Å². The first-order chi connectivity index (χ1) is 10.1. The van der Waals surface area contributed by atoms with Gasteiger partial charge in [-0.05, 0) is 36.7 Å². The van der Waals surface area contributed by atoms with Gasteiger partial charge in [0, 0.05) is 6.04 Å². The SMILES string of the molecule is CNC1c2ccccc2CC1S(=O)(=O)c1ccccc1Cl. The summed E-state index contributed by atoms with van der Waals surface area (Å²) in [6, 6.07) is 14.3. The van der Waals surface area contributed by atoms with E-state index in [1.165, 1.54) is 0 Å². The molecule has 3 nitrogen and oxygen atoms in total. The number of benzene rings is 2. The van der Waals surface area contributed by atoms with Gasteiger partial charge in [0.1, 0.15) is 0 Å². The van der Waals surface area contributed by atoms with Gasteiger partial charge in [-0.1, -0.05) is 48.0 Å². The first kappa shape index (κ1) is 14.6. The van der Waals surface area contributed by atoms with Crippen LogP contribution in [0.5, 0.6) is 0 Å². The summed E-state index contributed by atoms with van der Waals surface area (Å²) >= 11 is 6.09. The van der Waals surface area contributed by atoms with Crippen LogP contribution in [0.2, 0.25) is 5.02 Å². The van der Waals surface area contributed by atoms with Crippen molar-refractivity contribution in [2.45, 2.75) is 22.6 Å². The predicted molar refractivity (Wildman–Crippen MR) is 84.4 cm³/mol. The molecule has 2 aromatic carbocycles. The first-order valence-corrected chi connectivity index (χ1v) is 8.71. The Labute approximate surface area is 129 Å². The molecule has 0 saturated carbocycles. The van der Waals surface area contributed by atoms with E-state index in [1.807, 2.05) is 24.3 Å². The van der Waals surface area contributed by atoms with Crippen LogP contribution in [0.15, 0.2) is 53.4 Å². The molecule has 0 heterocycles. The Balaban J connectivity index is 2.08. The molecule has 0 amide bonds. The lowest BCUT2D eigenvalue weighted by Gasteiger charge is -2.20. The normalized spacial score (nSPS) is 21.2. The van der Waals surface area contributed by atoms with E-state index in [4.69, 9.17) is 11.6 Å². The molecule has 5 heteroatoms. The van der Waals surface area contributed by atoms with Crippen molar-refractivity contribution >= 4 is 21.4 Å². The molecular formula is C16H16ClNO2S. The highest BCUT2D eigenvalue weighted by molar-refractivity contribution is 7.92. The molecule has 0 spiro atoms. The van der Waals surface area contributed by atoms with E-state index < -0.39 is 15.1 Å². The van der Waals surface area contributed by atoms with Crippen molar-refractivity contribution < 1.29 is 8.42 Å². The summed E-state index contributed by atoms with van der Waals surface area (Å²) in [6.07, 6.45) is 0.509. The van der Waals surface area contributed by atoms with Crippen molar-refractivity contribution in [2.24, 2.45) is 0 Å². The predicted octanol–water partition coefficient (Wildman–Crippen LogP) is 3.00. The summed E-state index contributed by atoms with van der Waals surface area (Å²) in [5.74, 6) is 0. The van der Waals surface area contributed by atoms with Gasteiger partial charge in [-0.15, -0.1) is 0 Å². The largest absolute Gasteiger partial charge is 0.312 e. The van der Waals surface area contributed by atoms with Crippen molar-refractivity contribution in [1.82, 2.24) is 5.32 Å². The Kier molecular flexibility index (Phi) is 3.78. The van der Waals surface area contributed by atoms with Crippen LogP contribution < -0.4 is 5.32 Å². The molecule has 0 aromatic heterocycles. The minimum absolute atomic E-state index is 0.206. The lowest BCUT2D eigenvalue weighted by molar-refractivity contribution is 0.536. The molecular weight excluding hydrogens is 306 g/mol. The number of nitrogens with one attached hydrogen (secondary N) is 1. The van der Waals surface area contributed by atoms with Gasteiger partial charge in [0.25, 0.3) is 0 Å². The highest BCUT2D eigenvalue weighted by Gasteiger charge is 2.41. The molecule has 2 atom stereocenters. The van der Waals surface area contributed by atoms with Gasteiger partial charge < -0.3 is 5.32 Å². The number of hydrogen-bond donors (Lipinski definition) is 1. The van der Waals surface area contributed by atoms with E-state index in [9.17, 15) is 8.42 Å².